The highest BCUT2D eigenvalue weighted by Gasteiger charge is 2.37. The van der Waals surface area contributed by atoms with E-state index < -0.39 is 0 Å². The summed E-state index contributed by atoms with van der Waals surface area (Å²) in [6.45, 7) is 2.32. The Morgan fingerprint density at radius 2 is 1.74 bits per heavy atom. The predicted molar refractivity (Wildman–Crippen MR) is 149 cm³/mol. The van der Waals surface area contributed by atoms with E-state index in [9.17, 15) is 4.79 Å². The van der Waals surface area contributed by atoms with Crippen molar-refractivity contribution >= 4 is 16.7 Å². The molecular weight excluding hydrogens is 472 g/mol. The molecule has 7 heteroatoms. The van der Waals surface area contributed by atoms with E-state index in [1.807, 2.05) is 73.1 Å². The van der Waals surface area contributed by atoms with E-state index in [0.29, 0.717) is 12.1 Å². The van der Waals surface area contributed by atoms with Gasteiger partial charge in [0.15, 0.2) is 0 Å². The molecule has 6 rings (SSSR count). The van der Waals surface area contributed by atoms with Crippen LogP contribution in [-0.2, 0) is 12.1 Å². The number of carbonyl (C=O) groups excluding carboxylic acids is 1. The third-order valence-electron chi connectivity index (χ3n) is 7.59. The summed E-state index contributed by atoms with van der Waals surface area (Å²) < 4.78 is 1.79. The second-order valence-corrected chi connectivity index (χ2v) is 10.1. The largest absolute Gasteiger partial charge is 0.342 e. The number of hydrogen-bond donors (Lipinski definition) is 1. The molecule has 7 nitrogen and oxygen atoms in total. The van der Waals surface area contributed by atoms with E-state index in [-0.39, 0.29) is 11.4 Å². The van der Waals surface area contributed by atoms with Crippen molar-refractivity contribution in [1.82, 2.24) is 30.2 Å². The molecule has 0 radical (unpaired) electrons. The first-order chi connectivity index (χ1) is 18.6. The predicted octanol–water partition coefficient (Wildman–Crippen LogP) is 4.89. The summed E-state index contributed by atoms with van der Waals surface area (Å²) in [6, 6.07) is 26.3. The first kappa shape index (κ1) is 24.0. The maximum atomic E-state index is 13.8. The first-order valence-corrected chi connectivity index (χ1v) is 13.0. The van der Waals surface area contributed by atoms with E-state index in [2.05, 4.69) is 50.8 Å². The van der Waals surface area contributed by atoms with Crippen molar-refractivity contribution in [1.29, 1.82) is 0 Å². The summed E-state index contributed by atoms with van der Waals surface area (Å²) in [6.07, 6.45) is 7.31. The van der Waals surface area contributed by atoms with Gasteiger partial charge in [-0.05, 0) is 54.6 Å². The van der Waals surface area contributed by atoms with Crippen molar-refractivity contribution in [2.45, 2.75) is 24.9 Å². The Labute approximate surface area is 222 Å². The molecule has 1 aliphatic rings. The molecule has 1 aliphatic heterocycles. The molecular formula is C31H30N6O. The van der Waals surface area contributed by atoms with Crippen LogP contribution in [0.25, 0.3) is 22.0 Å². The molecule has 0 saturated carbocycles. The summed E-state index contributed by atoms with van der Waals surface area (Å²) in [4.78, 5) is 20.3. The Bertz CT molecular complexity index is 1570. The van der Waals surface area contributed by atoms with Gasteiger partial charge in [-0.3, -0.25) is 9.78 Å². The topological polar surface area (TPSA) is 75.9 Å². The van der Waals surface area contributed by atoms with Crippen LogP contribution in [0, 0.1) is 0 Å². The van der Waals surface area contributed by atoms with Gasteiger partial charge in [0, 0.05) is 42.0 Å². The molecule has 0 aliphatic carbocycles. The van der Waals surface area contributed by atoms with Gasteiger partial charge in [-0.15, -0.1) is 5.10 Å². The molecule has 38 heavy (non-hydrogen) atoms. The van der Waals surface area contributed by atoms with Crippen LogP contribution in [0.4, 0.5) is 0 Å². The van der Waals surface area contributed by atoms with Gasteiger partial charge in [0.05, 0.1) is 18.3 Å². The maximum Gasteiger partial charge on any atom is 0.252 e. The van der Waals surface area contributed by atoms with Gasteiger partial charge in [-0.2, -0.15) is 0 Å². The summed E-state index contributed by atoms with van der Waals surface area (Å²) >= 11 is 0. The molecule has 5 aromatic rings. The van der Waals surface area contributed by atoms with Gasteiger partial charge < -0.3 is 10.2 Å². The molecule has 0 atom stereocenters. The number of fused-ring (bicyclic) bond motifs is 1. The van der Waals surface area contributed by atoms with Crippen molar-refractivity contribution in [3.8, 4) is 11.3 Å². The number of hydrogen-bond acceptors (Lipinski definition) is 5. The van der Waals surface area contributed by atoms with Crippen LogP contribution in [0.2, 0.25) is 0 Å². The molecule has 1 saturated heterocycles. The molecule has 1 amide bonds. The highest BCUT2D eigenvalue weighted by Crippen LogP contribution is 2.33. The highest BCUT2D eigenvalue weighted by molar-refractivity contribution is 5.96. The van der Waals surface area contributed by atoms with E-state index in [1.165, 1.54) is 0 Å². The standard InChI is InChI=1S/C31H30N6O/c1-36-17-14-31(15-18-36,27-8-3-2-4-9-27)33-30(38)28-10-6-5-7-26(28)21-37-22-29(34-35-37)24-11-12-25-20-32-16-13-23(25)19-24/h2-13,16,19-20,22H,14-15,17-18,21H2,1H3,(H,33,38). The van der Waals surface area contributed by atoms with E-state index in [1.54, 1.807) is 10.9 Å². The van der Waals surface area contributed by atoms with Gasteiger partial charge in [0.25, 0.3) is 5.91 Å². The number of carbonyl (C=O) groups is 1. The molecule has 3 heterocycles. The lowest BCUT2D eigenvalue weighted by molar-refractivity contribution is 0.0825. The second kappa shape index (κ2) is 10.2. The van der Waals surface area contributed by atoms with Crippen molar-refractivity contribution in [2.24, 2.45) is 0 Å². The van der Waals surface area contributed by atoms with E-state index >= 15 is 0 Å². The minimum Gasteiger partial charge on any atom is -0.342 e. The lowest BCUT2D eigenvalue weighted by atomic mass is 9.80. The van der Waals surface area contributed by atoms with Gasteiger partial charge in [-0.25, -0.2) is 4.68 Å². The number of pyridine rings is 1. The van der Waals surface area contributed by atoms with Crippen LogP contribution in [0.15, 0.2) is 97.5 Å². The highest BCUT2D eigenvalue weighted by atomic mass is 16.1. The summed E-state index contributed by atoms with van der Waals surface area (Å²) in [5, 5.41) is 14.4. The normalized spacial score (nSPS) is 15.4. The second-order valence-electron chi connectivity index (χ2n) is 10.1. The molecule has 190 valence electrons. The average Bonchev–Trinajstić information content (AvgIpc) is 3.43. The number of nitrogens with one attached hydrogen (secondary N) is 1. The Morgan fingerprint density at radius 3 is 2.58 bits per heavy atom. The monoisotopic (exact) mass is 502 g/mol. The molecule has 0 spiro atoms. The fourth-order valence-electron chi connectivity index (χ4n) is 5.33. The van der Waals surface area contributed by atoms with Crippen LogP contribution in [0.1, 0.15) is 34.3 Å². The Balaban J connectivity index is 1.25. The van der Waals surface area contributed by atoms with Gasteiger partial charge in [0.2, 0.25) is 0 Å². The van der Waals surface area contributed by atoms with Crippen LogP contribution < -0.4 is 5.32 Å². The Kier molecular flexibility index (Phi) is 6.43. The van der Waals surface area contributed by atoms with Gasteiger partial charge >= 0.3 is 0 Å². The van der Waals surface area contributed by atoms with E-state index in [0.717, 1.165) is 59.1 Å². The lowest BCUT2D eigenvalue weighted by Crippen LogP contribution is -2.52. The first-order valence-electron chi connectivity index (χ1n) is 13.0. The van der Waals surface area contributed by atoms with Gasteiger partial charge in [0.1, 0.15) is 5.69 Å². The molecule has 3 aromatic carbocycles. The number of nitrogens with zero attached hydrogens (tertiary/aromatic N) is 5. The average molecular weight is 503 g/mol. The smallest absolute Gasteiger partial charge is 0.252 e. The van der Waals surface area contributed by atoms with Crippen molar-refractivity contribution in [3.63, 3.8) is 0 Å². The van der Waals surface area contributed by atoms with Crippen molar-refractivity contribution in [2.75, 3.05) is 20.1 Å². The third-order valence-corrected chi connectivity index (χ3v) is 7.59. The number of rotatable bonds is 6. The zero-order valence-electron chi connectivity index (χ0n) is 21.4. The SMILES string of the molecule is CN1CCC(NC(=O)c2ccccc2Cn2cc(-c3ccc4cnccc4c3)nn2)(c2ccccc2)CC1. The summed E-state index contributed by atoms with van der Waals surface area (Å²) in [5.41, 5.74) is 4.13. The fourth-order valence-corrected chi connectivity index (χ4v) is 5.33. The number of likely N-dealkylation sites (tertiary alicyclic amines) is 1. The van der Waals surface area contributed by atoms with E-state index in [4.69, 9.17) is 0 Å². The third kappa shape index (κ3) is 4.80. The summed E-state index contributed by atoms with van der Waals surface area (Å²) in [5.74, 6) is -0.0579. The summed E-state index contributed by atoms with van der Waals surface area (Å²) in [7, 11) is 2.13. The van der Waals surface area contributed by atoms with Crippen LogP contribution in [0.5, 0.6) is 0 Å². The maximum absolute atomic E-state index is 13.8. The molecule has 2 aromatic heterocycles. The molecule has 1 fully saturated rings. The number of piperidine rings is 1. The quantitative estimate of drug-likeness (QED) is 0.358. The lowest BCUT2D eigenvalue weighted by Gasteiger charge is -2.42. The van der Waals surface area contributed by atoms with Gasteiger partial charge in [-0.1, -0.05) is 65.9 Å². The number of amides is 1. The van der Waals surface area contributed by atoms with Crippen molar-refractivity contribution < 1.29 is 4.79 Å². The van der Waals surface area contributed by atoms with Crippen LogP contribution in [0.3, 0.4) is 0 Å². The number of benzene rings is 3. The zero-order chi connectivity index (χ0) is 26.0. The number of aromatic nitrogens is 4. The van der Waals surface area contributed by atoms with Crippen LogP contribution in [-0.4, -0.2) is 50.9 Å². The van der Waals surface area contributed by atoms with Crippen molar-refractivity contribution in [3.05, 3.63) is 114 Å². The molecule has 1 N–H and O–H groups in total. The minimum absolute atomic E-state index is 0.0579. The Hall–Kier alpha value is -4.36. The van der Waals surface area contributed by atoms with Crippen LogP contribution >= 0.6 is 0 Å². The fraction of sp³-hybridized carbons (Fsp3) is 0.226. The minimum atomic E-state index is -0.385. The molecule has 0 bridgehead atoms. The molecule has 0 unspecified atom stereocenters. The zero-order valence-corrected chi connectivity index (χ0v) is 21.4. The Morgan fingerprint density at radius 1 is 0.947 bits per heavy atom.